The summed E-state index contributed by atoms with van der Waals surface area (Å²) in [5, 5.41) is 11.3. The number of aliphatic carboxylic acids is 1. The normalized spacial score (nSPS) is 14.6. The maximum atomic E-state index is 11.6. The Labute approximate surface area is 96.4 Å². The number of nitrogens with one attached hydrogen (secondary N) is 1. The molecular weight excluding hydrogens is 208 g/mol. The van der Waals surface area contributed by atoms with Gasteiger partial charge in [0.25, 0.3) is 0 Å². The minimum absolute atomic E-state index is 0.0589. The van der Waals surface area contributed by atoms with Crippen molar-refractivity contribution in [1.29, 1.82) is 0 Å². The molecular formula is C11H22N2O3. The van der Waals surface area contributed by atoms with Gasteiger partial charge in [-0.05, 0) is 18.8 Å². The SMILES string of the molecule is CCC(CC(=O)O)NC(=O)C(N)CC(C)C. The van der Waals surface area contributed by atoms with Crippen LogP contribution in [0.4, 0.5) is 0 Å². The van der Waals surface area contributed by atoms with E-state index in [9.17, 15) is 9.59 Å². The molecule has 5 heteroatoms. The molecule has 2 atom stereocenters. The Bertz CT molecular complexity index is 241. The lowest BCUT2D eigenvalue weighted by atomic mass is 10.0. The number of carbonyl (C=O) groups is 2. The Morgan fingerprint density at radius 1 is 1.38 bits per heavy atom. The first-order valence-electron chi connectivity index (χ1n) is 5.64. The van der Waals surface area contributed by atoms with Crippen molar-refractivity contribution < 1.29 is 14.7 Å². The number of nitrogens with two attached hydrogens (primary N) is 1. The van der Waals surface area contributed by atoms with Crippen molar-refractivity contribution in [3.8, 4) is 0 Å². The molecule has 0 aromatic carbocycles. The van der Waals surface area contributed by atoms with Crippen molar-refractivity contribution in [3.05, 3.63) is 0 Å². The smallest absolute Gasteiger partial charge is 0.305 e. The molecule has 0 aliphatic carbocycles. The van der Waals surface area contributed by atoms with E-state index in [0.717, 1.165) is 0 Å². The highest BCUT2D eigenvalue weighted by Gasteiger charge is 2.19. The Morgan fingerprint density at radius 2 is 1.94 bits per heavy atom. The molecule has 16 heavy (non-hydrogen) atoms. The van der Waals surface area contributed by atoms with Gasteiger partial charge in [-0.3, -0.25) is 9.59 Å². The van der Waals surface area contributed by atoms with Gasteiger partial charge in [-0.25, -0.2) is 0 Å². The summed E-state index contributed by atoms with van der Waals surface area (Å²) >= 11 is 0. The van der Waals surface area contributed by atoms with Gasteiger partial charge < -0.3 is 16.2 Å². The first-order valence-corrected chi connectivity index (χ1v) is 5.64. The number of carboxylic acid groups (broad SMARTS) is 1. The van der Waals surface area contributed by atoms with E-state index >= 15 is 0 Å². The zero-order valence-corrected chi connectivity index (χ0v) is 10.2. The van der Waals surface area contributed by atoms with Gasteiger partial charge in [-0.1, -0.05) is 20.8 Å². The van der Waals surface area contributed by atoms with E-state index < -0.39 is 12.0 Å². The van der Waals surface area contributed by atoms with Crippen LogP contribution in [-0.4, -0.2) is 29.1 Å². The summed E-state index contributed by atoms with van der Waals surface area (Å²) in [7, 11) is 0. The molecule has 0 heterocycles. The van der Waals surface area contributed by atoms with Crippen LogP contribution in [-0.2, 0) is 9.59 Å². The summed E-state index contributed by atoms with van der Waals surface area (Å²) in [5.41, 5.74) is 5.69. The molecule has 0 rings (SSSR count). The fraction of sp³-hybridized carbons (Fsp3) is 0.818. The third-order valence-electron chi connectivity index (χ3n) is 2.32. The van der Waals surface area contributed by atoms with E-state index in [1.165, 1.54) is 0 Å². The minimum atomic E-state index is -0.912. The minimum Gasteiger partial charge on any atom is -0.481 e. The molecule has 2 unspecified atom stereocenters. The van der Waals surface area contributed by atoms with E-state index in [4.69, 9.17) is 10.8 Å². The average Bonchev–Trinajstić information content (AvgIpc) is 2.14. The van der Waals surface area contributed by atoms with Crippen LogP contribution < -0.4 is 11.1 Å². The summed E-state index contributed by atoms with van der Waals surface area (Å²) in [4.78, 5) is 22.1. The highest BCUT2D eigenvalue weighted by atomic mass is 16.4. The summed E-state index contributed by atoms with van der Waals surface area (Å²) in [6.07, 6.45) is 1.14. The van der Waals surface area contributed by atoms with E-state index in [-0.39, 0.29) is 18.4 Å². The monoisotopic (exact) mass is 230 g/mol. The van der Waals surface area contributed by atoms with Crippen LogP contribution in [0.15, 0.2) is 0 Å². The van der Waals surface area contributed by atoms with Crippen LogP contribution in [0.2, 0.25) is 0 Å². The third kappa shape index (κ3) is 6.40. The fourth-order valence-electron chi connectivity index (χ4n) is 1.43. The van der Waals surface area contributed by atoms with E-state index in [0.29, 0.717) is 18.8 Å². The number of hydrogen-bond donors (Lipinski definition) is 3. The average molecular weight is 230 g/mol. The molecule has 0 spiro atoms. The summed E-state index contributed by atoms with van der Waals surface area (Å²) in [6.45, 7) is 5.81. The van der Waals surface area contributed by atoms with Crippen LogP contribution >= 0.6 is 0 Å². The molecule has 1 amide bonds. The van der Waals surface area contributed by atoms with Crippen LogP contribution in [0.1, 0.15) is 40.0 Å². The predicted molar refractivity (Wildman–Crippen MR) is 61.9 cm³/mol. The quantitative estimate of drug-likeness (QED) is 0.601. The second-order valence-electron chi connectivity index (χ2n) is 4.45. The van der Waals surface area contributed by atoms with Gasteiger partial charge in [0.1, 0.15) is 0 Å². The summed E-state index contributed by atoms with van der Waals surface area (Å²) in [6, 6.07) is -0.883. The number of carbonyl (C=O) groups excluding carboxylic acids is 1. The Morgan fingerprint density at radius 3 is 2.31 bits per heavy atom. The Hall–Kier alpha value is -1.10. The first kappa shape index (κ1) is 14.9. The second-order valence-corrected chi connectivity index (χ2v) is 4.45. The van der Waals surface area contributed by atoms with Gasteiger partial charge in [-0.15, -0.1) is 0 Å². The first-order chi connectivity index (χ1) is 7.36. The molecule has 0 saturated carbocycles. The molecule has 5 nitrogen and oxygen atoms in total. The predicted octanol–water partition coefficient (Wildman–Crippen LogP) is 0.729. The van der Waals surface area contributed by atoms with Crippen LogP contribution in [0.25, 0.3) is 0 Å². The Balaban J connectivity index is 4.13. The van der Waals surface area contributed by atoms with Crippen LogP contribution in [0.5, 0.6) is 0 Å². The summed E-state index contributed by atoms with van der Waals surface area (Å²) < 4.78 is 0. The molecule has 0 bridgehead atoms. The molecule has 94 valence electrons. The highest BCUT2D eigenvalue weighted by molar-refractivity contribution is 5.82. The molecule has 4 N–H and O–H groups in total. The largest absolute Gasteiger partial charge is 0.481 e. The van der Waals surface area contributed by atoms with Gasteiger partial charge in [0.15, 0.2) is 0 Å². The zero-order valence-electron chi connectivity index (χ0n) is 10.2. The van der Waals surface area contributed by atoms with E-state index in [1.54, 1.807) is 0 Å². The number of rotatable bonds is 7. The molecule has 0 aromatic rings. The topological polar surface area (TPSA) is 92.4 Å². The zero-order chi connectivity index (χ0) is 12.7. The van der Waals surface area contributed by atoms with Crippen molar-refractivity contribution in [2.45, 2.75) is 52.1 Å². The molecule has 0 aliphatic rings. The number of hydrogen-bond acceptors (Lipinski definition) is 3. The van der Waals surface area contributed by atoms with Gasteiger partial charge in [0, 0.05) is 6.04 Å². The third-order valence-corrected chi connectivity index (χ3v) is 2.32. The molecule has 0 saturated heterocycles. The van der Waals surface area contributed by atoms with Crippen molar-refractivity contribution >= 4 is 11.9 Å². The van der Waals surface area contributed by atoms with Gasteiger partial charge in [0.05, 0.1) is 12.5 Å². The lowest BCUT2D eigenvalue weighted by Gasteiger charge is -2.19. The molecule has 0 aliphatic heterocycles. The lowest BCUT2D eigenvalue weighted by Crippen LogP contribution is -2.46. The van der Waals surface area contributed by atoms with E-state index in [1.807, 2.05) is 20.8 Å². The van der Waals surface area contributed by atoms with Crippen molar-refractivity contribution in [1.82, 2.24) is 5.32 Å². The summed E-state index contributed by atoms with van der Waals surface area (Å²) in [5.74, 6) is -0.827. The van der Waals surface area contributed by atoms with Crippen molar-refractivity contribution in [2.75, 3.05) is 0 Å². The van der Waals surface area contributed by atoms with Crippen molar-refractivity contribution in [3.63, 3.8) is 0 Å². The van der Waals surface area contributed by atoms with Crippen molar-refractivity contribution in [2.24, 2.45) is 11.7 Å². The highest BCUT2D eigenvalue weighted by Crippen LogP contribution is 2.04. The van der Waals surface area contributed by atoms with Gasteiger partial charge >= 0.3 is 5.97 Å². The number of amides is 1. The van der Waals surface area contributed by atoms with Gasteiger partial charge in [0.2, 0.25) is 5.91 Å². The second kappa shape index (κ2) is 7.22. The van der Waals surface area contributed by atoms with Gasteiger partial charge in [-0.2, -0.15) is 0 Å². The van der Waals surface area contributed by atoms with Crippen LogP contribution in [0.3, 0.4) is 0 Å². The molecule has 0 fully saturated rings. The molecule has 0 aromatic heterocycles. The Kier molecular flexibility index (Phi) is 6.72. The maximum Gasteiger partial charge on any atom is 0.305 e. The maximum absolute atomic E-state index is 11.6. The lowest BCUT2D eigenvalue weighted by molar-refractivity contribution is -0.137. The standard InChI is InChI=1S/C11H22N2O3/c1-4-8(6-10(14)15)13-11(16)9(12)5-7(2)3/h7-9H,4-6,12H2,1-3H3,(H,13,16)(H,14,15). The van der Waals surface area contributed by atoms with E-state index in [2.05, 4.69) is 5.32 Å². The molecule has 0 radical (unpaired) electrons. The number of carboxylic acids is 1. The van der Waals surface area contributed by atoms with Crippen LogP contribution in [0, 0.1) is 5.92 Å². The fourth-order valence-corrected chi connectivity index (χ4v) is 1.43.